The van der Waals surface area contributed by atoms with E-state index in [2.05, 4.69) is 99.0 Å². The first kappa shape index (κ1) is 27.6. The second-order valence-corrected chi connectivity index (χ2v) is 12.1. The van der Waals surface area contributed by atoms with Gasteiger partial charge in [0.15, 0.2) is 0 Å². The summed E-state index contributed by atoms with van der Waals surface area (Å²) < 4.78 is 2.30. The van der Waals surface area contributed by atoms with Crippen molar-refractivity contribution < 1.29 is 5.11 Å². The summed E-state index contributed by atoms with van der Waals surface area (Å²) in [5.74, 6) is 1.94. The fourth-order valence-electron chi connectivity index (χ4n) is 6.02. The van der Waals surface area contributed by atoms with Crippen LogP contribution in [0.2, 0.25) is 0 Å². The van der Waals surface area contributed by atoms with Crippen molar-refractivity contribution in [2.24, 2.45) is 0 Å². The van der Waals surface area contributed by atoms with Gasteiger partial charge in [0.25, 0.3) is 0 Å². The highest BCUT2D eigenvalue weighted by atomic mass is 16.3. The van der Waals surface area contributed by atoms with E-state index < -0.39 is 0 Å². The molecule has 7 aromatic rings. The van der Waals surface area contributed by atoms with Crippen LogP contribution in [0.1, 0.15) is 50.7 Å². The lowest BCUT2D eigenvalue weighted by Crippen LogP contribution is -2.02. The Labute approximate surface area is 258 Å². The maximum absolute atomic E-state index is 10.9. The van der Waals surface area contributed by atoms with Crippen molar-refractivity contribution in [2.45, 2.75) is 39.5 Å². The van der Waals surface area contributed by atoms with Crippen LogP contribution >= 0.6 is 0 Å². The first-order chi connectivity index (χ1) is 21.4. The third kappa shape index (κ3) is 4.92. The van der Waals surface area contributed by atoms with Crippen LogP contribution in [0.5, 0.6) is 5.75 Å². The summed E-state index contributed by atoms with van der Waals surface area (Å²) in [6.45, 7) is 8.99. The quantitative estimate of drug-likeness (QED) is 0.215. The Hall–Kier alpha value is -5.22. The van der Waals surface area contributed by atoms with Crippen LogP contribution in [0.15, 0.2) is 121 Å². The summed E-state index contributed by atoms with van der Waals surface area (Å²) >= 11 is 0. The molecule has 0 aliphatic rings. The number of aromatic nitrogens is 3. The van der Waals surface area contributed by atoms with Gasteiger partial charge in [-0.1, -0.05) is 100 Å². The molecule has 0 saturated carbocycles. The molecule has 0 saturated heterocycles. The van der Waals surface area contributed by atoms with Gasteiger partial charge in [0, 0.05) is 22.4 Å². The summed E-state index contributed by atoms with van der Waals surface area (Å²) in [5, 5.41) is 12.9. The predicted octanol–water partition coefficient (Wildman–Crippen LogP) is 10.5. The average molecular weight is 574 g/mol. The maximum Gasteiger partial charge on any atom is 0.145 e. The first-order valence-corrected chi connectivity index (χ1v) is 15.3. The van der Waals surface area contributed by atoms with Gasteiger partial charge in [-0.25, -0.2) is 9.97 Å². The normalized spacial score (nSPS) is 11.7. The number of benzene rings is 5. The summed E-state index contributed by atoms with van der Waals surface area (Å²) in [5.41, 5.74) is 10.1. The van der Waals surface area contributed by atoms with Gasteiger partial charge in [0.1, 0.15) is 11.6 Å². The topological polar surface area (TPSA) is 50.9 Å². The Morgan fingerprint density at radius 3 is 2.07 bits per heavy atom. The van der Waals surface area contributed by atoms with E-state index in [4.69, 9.17) is 9.97 Å². The molecule has 2 heterocycles. The van der Waals surface area contributed by atoms with Crippen molar-refractivity contribution >= 4 is 21.8 Å². The molecule has 0 unspecified atom stereocenters. The molecule has 44 heavy (non-hydrogen) atoms. The van der Waals surface area contributed by atoms with Gasteiger partial charge in [-0.05, 0) is 82.3 Å². The molecule has 0 amide bonds. The van der Waals surface area contributed by atoms with Gasteiger partial charge >= 0.3 is 0 Å². The number of pyridine rings is 1. The number of fused-ring (bicyclic) bond motifs is 2. The smallest absolute Gasteiger partial charge is 0.145 e. The van der Waals surface area contributed by atoms with Crippen molar-refractivity contribution in [3.63, 3.8) is 0 Å². The van der Waals surface area contributed by atoms with Crippen LogP contribution in [0.4, 0.5) is 0 Å². The largest absolute Gasteiger partial charge is 0.507 e. The highest BCUT2D eigenvalue weighted by Crippen LogP contribution is 2.37. The number of phenols is 1. The summed E-state index contributed by atoms with van der Waals surface area (Å²) in [7, 11) is 0. The van der Waals surface area contributed by atoms with Gasteiger partial charge in [0.05, 0.1) is 22.4 Å². The fourth-order valence-corrected chi connectivity index (χ4v) is 6.02. The Morgan fingerprint density at radius 1 is 0.591 bits per heavy atom. The van der Waals surface area contributed by atoms with E-state index in [1.165, 1.54) is 11.1 Å². The monoisotopic (exact) mass is 573 g/mol. The number of phenolic OH excluding ortho intramolecular Hbond substituents is 1. The zero-order valence-electron chi connectivity index (χ0n) is 25.5. The van der Waals surface area contributed by atoms with Crippen LogP contribution in [0.3, 0.4) is 0 Å². The van der Waals surface area contributed by atoms with Crippen molar-refractivity contribution in [2.75, 3.05) is 0 Å². The van der Waals surface area contributed by atoms with E-state index in [1.807, 2.05) is 48.5 Å². The molecule has 5 aromatic carbocycles. The van der Waals surface area contributed by atoms with Crippen molar-refractivity contribution in [3.8, 4) is 45.3 Å². The van der Waals surface area contributed by atoms with E-state index in [0.717, 1.165) is 61.4 Å². The first-order valence-electron chi connectivity index (χ1n) is 15.3. The molecule has 4 heteroatoms. The lowest BCUT2D eigenvalue weighted by atomic mass is 9.94. The van der Waals surface area contributed by atoms with Gasteiger partial charge < -0.3 is 5.11 Å². The molecule has 7 rings (SSSR count). The van der Waals surface area contributed by atoms with Crippen LogP contribution in [-0.2, 0) is 0 Å². The molecule has 0 radical (unpaired) electrons. The minimum absolute atomic E-state index is 0.222. The minimum atomic E-state index is 0.222. The van der Waals surface area contributed by atoms with Crippen LogP contribution in [0.25, 0.3) is 61.4 Å². The molecular weight excluding hydrogens is 538 g/mol. The zero-order chi connectivity index (χ0) is 30.4. The van der Waals surface area contributed by atoms with Crippen molar-refractivity contribution in [1.29, 1.82) is 0 Å². The van der Waals surface area contributed by atoms with Gasteiger partial charge in [-0.15, -0.1) is 0 Å². The third-order valence-corrected chi connectivity index (χ3v) is 8.44. The van der Waals surface area contributed by atoms with Gasteiger partial charge in [0.2, 0.25) is 0 Å². The van der Waals surface area contributed by atoms with Crippen molar-refractivity contribution in [3.05, 3.63) is 132 Å². The number of imidazole rings is 1. The molecule has 0 spiro atoms. The van der Waals surface area contributed by atoms with Gasteiger partial charge in [-0.3, -0.25) is 4.57 Å². The number of hydrogen-bond donors (Lipinski definition) is 1. The number of hydrogen-bond acceptors (Lipinski definition) is 3. The Kier molecular flexibility index (Phi) is 6.98. The highest BCUT2D eigenvalue weighted by Gasteiger charge is 2.18. The minimum Gasteiger partial charge on any atom is -0.507 e. The second kappa shape index (κ2) is 11.1. The fraction of sp³-hybridized carbons (Fsp3) is 0.150. The molecule has 216 valence electrons. The zero-order valence-corrected chi connectivity index (χ0v) is 25.5. The SMILES string of the molecule is CC(C)c1cc(C(C)C)cc(-n2c(-c3cccc(-c4cccc(-c5c(O)ccc6ccccc56)n4)c3)nc3ccccc32)c1. The summed E-state index contributed by atoms with van der Waals surface area (Å²) in [6.07, 6.45) is 0. The summed E-state index contributed by atoms with van der Waals surface area (Å²) in [4.78, 5) is 10.2. The van der Waals surface area contributed by atoms with Crippen LogP contribution < -0.4 is 0 Å². The lowest BCUT2D eigenvalue weighted by Gasteiger charge is -2.17. The maximum atomic E-state index is 10.9. The number of aromatic hydroxyl groups is 1. The molecule has 0 fully saturated rings. The number of para-hydroxylation sites is 2. The summed E-state index contributed by atoms with van der Waals surface area (Å²) in [6, 6.07) is 41.5. The van der Waals surface area contributed by atoms with E-state index in [9.17, 15) is 5.11 Å². The lowest BCUT2D eigenvalue weighted by molar-refractivity contribution is 0.478. The second-order valence-electron chi connectivity index (χ2n) is 12.1. The van der Waals surface area contributed by atoms with Crippen LogP contribution in [-0.4, -0.2) is 19.6 Å². The number of nitrogens with zero attached hydrogens (tertiary/aromatic N) is 3. The molecule has 0 atom stereocenters. The molecule has 1 N–H and O–H groups in total. The van der Waals surface area contributed by atoms with Crippen molar-refractivity contribution in [1.82, 2.24) is 14.5 Å². The van der Waals surface area contributed by atoms with E-state index in [1.54, 1.807) is 6.07 Å². The van der Waals surface area contributed by atoms with E-state index >= 15 is 0 Å². The molecule has 0 aliphatic carbocycles. The number of rotatable bonds is 6. The predicted molar refractivity (Wildman–Crippen MR) is 183 cm³/mol. The standard InChI is InChI=1S/C40H35N3O/c1-25(2)30-22-31(26(3)4)24-32(23-30)43-37-18-8-7-15-35(37)42-40(43)29-13-9-12-28(21-29)34-16-10-17-36(41-34)39-33-14-6-5-11-27(33)19-20-38(39)44/h5-26,44H,1-4H3. The molecule has 2 aromatic heterocycles. The Morgan fingerprint density at radius 2 is 1.27 bits per heavy atom. The molecule has 0 aliphatic heterocycles. The Balaban J connectivity index is 1.38. The third-order valence-electron chi connectivity index (χ3n) is 8.44. The Bertz CT molecular complexity index is 2130. The average Bonchev–Trinajstić information content (AvgIpc) is 3.44. The van der Waals surface area contributed by atoms with Gasteiger partial charge in [-0.2, -0.15) is 0 Å². The molecular formula is C40H35N3O. The highest BCUT2D eigenvalue weighted by molar-refractivity contribution is 5.99. The van der Waals surface area contributed by atoms with Crippen LogP contribution in [0, 0.1) is 0 Å². The molecule has 4 nitrogen and oxygen atoms in total. The van der Waals surface area contributed by atoms with E-state index in [0.29, 0.717) is 11.8 Å². The van der Waals surface area contributed by atoms with E-state index in [-0.39, 0.29) is 5.75 Å². The molecule has 0 bridgehead atoms.